The number of carbonyl (C=O) groups is 1. The molecule has 1 amide bonds. The summed E-state index contributed by atoms with van der Waals surface area (Å²) >= 11 is 7.75. The number of rotatable bonds is 9. The maximum atomic E-state index is 12.3. The average molecular weight is 421 g/mol. The van der Waals surface area contributed by atoms with Gasteiger partial charge in [-0.3, -0.25) is 4.79 Å². The van der Waals surface area contributed by atoms with Gasteiger partial charge in [-0.2, -0.15) is 5.10 Å². The zero-order valence-electron chi connectivity index (χ0n) is 16.5. The molecule has 0 aromatic heterocycles. The standard InChI is InChI=1S/C21H25ClN2O3S/c1-5-28-20-9-7-17(22)11-16(20)12-21(25)24-23-13-15-6-8-18(26-4)19(10-15)27-14(2)3/h6-11,13-14H,5,12H2,1-4H3,(H,24,25)/b23-13-. The Balaban J connectivity index is 2.03. The Bertz CT molecular complexity index is 840. The van der Waals surface area contributed by atoms with Gasteiger partial charge < -0.3 is 9.47 Å². The van der Waals surface area contributed by atoms with Gasteiger partial charge >= 0.3 is 0 Å². The van der Waals surface area contributed by atoms with E-state index in [-0.39, 0.29) is 18.4 Å². The fourth-order valence-corrected chi connectivity index (χ4v) is 3.48. The van der Waals surface area contributed by atoms with Crippen LogP contribution in [0.1, 0.15) is 31.9 Å². The van der Waals surface area contributed by atoms with Gasteiger partial charge in [0.1, 0.15) is 0 Å². The highest BCUT2D eigenvalue weighted by Crippen LogP contribution is 2.28. The van der Waals surface area contributed by atoms with Crippen LogP contribution in [0, 0.1) is 0 Å². The highest BCUT2D eigenvalue weighted by atomic mass is 35.5. The number of benzene rings is 2. The number of nitrogens with one attached hydrogen (secondary N) is 1. The predicted octanol–water partition coefficient (Wildman–Crippen LogP) is 4.94. The molecule has 0 heterocycles. The van der Waals surface area contributed by atoms with Crippen molar-refractivity contribution < 1.29 is 14.3 Å². The summed E-state index contributed by atoms with van der Waals surface area (Å²) in [4.78, 5) is 13.3. The van der Waals surface area contributed by atoms with E-state index >= 15 is 0 Å². The van der Waals surface area contributed by atoms with Gasteiger partial charge in [0.05, 0.1) is 25.8 Å². The molecule has 0 aliphatic rings. The summed E-state index contributed by atoms with van der Waals surface area (Å²) in [6.07, 6.45) is 1.81. The molecule has 0 unspecified atom stereocenters. The Morgan fingerprint density at radius 1 is 1.25 bits per heavy atom. The molecule has 0 aliphatic heterocycles. The number of thioether (sulfide) groups is 1. The Labute approximate surface area is 175 Å². The van der Waals surface area contributed by atoms with Crippen molar-refractivity contribution in [1.82, 2.24) is 5.43 Å². The number of amides is 1. The topological polar surface area (TPSA) is 59.9 Å². The van der Waals surface area contributed by atoms with E-state index in [0.717, 1.165) is 21.8 Å². The fourth-order valence-electron chi connectivity index (χ4n) is 2.49. The van der Waals surface area contributed by atoms with Gasteiger partial charge in [-0.25, -0.2) is 5.43 Å². The first kappa shape index (κ1) is 22.1. The minimum Gasteiger partial charge on any atom is -0.493 e. The van der Waals surface area contributed by atoms with Crippen molar-refractivity contribution in [2.45, 2.75) is 38.2 Å². The highest BCUT2D eigenvalue weighted by molar-refractivity contribution is 7.99. The molecule has 2 rings (SSSR count). The minimum atomic E-state index is -0.205. The second kappa shape index (κ2) is 11.0. The van der Waals surface area contributed by atoms with Gasteiger partial charge in [0, 0.05) is 9.92 Å². The molecule has 0 atom stereocenters. The zero-order chi connectivity index (χ0) is 20.5. The normalized spacial score (nSPS) is 11.1. The van der Waals surface area contributed by atoms with Gasteiger partial charge in [-0.1, -0.05) is 18.5 Å². The molecule has 150 valence electrons. The van der Waals surface area contributed by atoms with Crippen molar-refractivity contribution in [3.63, 3.8) is 0 Å². The van der Waals surface area contributed by atoms with Crippen molar-refractivity contribution in [3.8, 4) is 11.5 Å². The molecule has 0 saturated carbocycles. The van der Waals surface area contributed by atoms with Crippen LogP contribution >= 0.6 is 23.4 Å². The summed E-state index contributed by atoms with van der Waals surface area (Å²) in [5.41, 5.74) is 4.25. The second-order valence-electron chi connectivity index (χ2n) is 6.23. The molecular weight excluding hydrogens is 396 g/mol. The van der Waals surface area contributed by atoms with Crippen molar-refractivity contribution in [1.29, 1.82) is 0 Å². The maximum Gasteiger partial charge on any atom is 0.244 e. The molecule has 0 aliphatic carbocycles. The van der Waals surface area contributed by atoms with E-state index < -0.39 is 0 Å². The van der Waals surface area contributed by atoms with E-state index in [1.807, 2.05) is 44.2 Å². The smallest absolute Gasteiger partial charge is 0.244 e. The molecule has 2 aromatic rings. The van der Waals surface area contributed by atoms with Crippen LogP contribution in [0.4, 0.5) is 0 Å². The minimum absolute atomic E-state index is 0.0219. The molecule has 2 aromatic carbocycles. The Morgan fingerprint density at radius 3 is 2.71 bits per heavy atom. The lowest BCUT2D eigenvalue weighted by atomic mass is 10.1. The lowest BCUT2D eigenvalue weighted by Crippen LogP contribution is -2.20. The van der Waals surface area contributed by atoms with Crippen LogP contribution in [0.2, 0.25) is 5.02 Å². The SMILES string of the molecule is CCSc1ccc(Cl)cc1CC(=O)N/N=C\c1ccc(OC)c(OC(C)C)c1. The number of carbonyl (C=O) groups excluding carboxylic acids is 1. The Kier molecular flexibility index (Phi) is 8.67. The van der Waals surface area contributed by atoms with Crippen LogP contribution in [0.3, 0.4) is 0 Å². The molecule has 7 heteroatoms. The average Bonchev–Trinajstić information content (AvgIpc) is 2.64. The molecule has 0 fully saturated rings. The van der Waals surface area contributed by atoms with E-state index in [0.29, 0.717) is 16.5 Å². The predicted molar refractivity (Wildman–Crippen MR) is 116 cm³/mol. The summed E-state index contributed by atoms with van der Waals surface area (Å²) in [5.74, 6) is 2.00. The fraction of sp³-hybridized carbons (Fsp3) is 0.333. The van der Waals surface area contributed by atoms with Gasteiger partial charge in [0.2, 0.25) is 5.91 Å². The van der Waals surface area contributed by atoms with Crippen LogP contribution < -0.4 is 14.9 Å². The Morgan fingerprint density at radius 2 is 2.04 bits per heavy atom. The van der Waals surface area contributed by atoms with E-state index in [1.54, 1.807) is 31.2 Å². The van der Waals surface area contributed by atoms with E-state index in [1.165, 1.54) is 0 Å². The van der Waals surface area contributed by atoms with E-state index in [2.05, 4.69) is 17.5 Å². The second-order valence-corrected chi connectivity index (χ2v) is 7.97. The Hall–Kier alpha value is -2.18. The number of hydrogen-bond acceptors (Lipinski definition) is 5. The number of nitrogens with zero attached hydrogens (tertiary/aromatic N) is 1. The third kappa shape index (κ3) is 6.77. The van der Waals surface area contributed by atoms with Crippen LogP contribution in [0.15, 0.2) is 46.4 Å². The third-order valence-electron chi connectivity index (χ3n) is 3.63. The molecule has 0 spiro atoms. The summed E-state index contributed by atoms with van der Waals surface area (Å²) in [6.45, 7) is 5.96. The van der Waals surface area contributed by atoms with Crippen molar-refractivity contribution in [3.05, 3.63) is 52.5 Å². The number of halogens is 1. The lowest BCUT2D eigenvalue weighted by molar-refractivity contribution is -0.120. The summed E-state index contributed by atoms with van der Waals surface area (Å²) in [7, 11) is 1.59. The number of hydrogen-bond donors (Lipinski definition) is 1. The molecule has 1 N–H and O–H groups in total. The first-order chi connectivity index (χ1) is 13.4. The molecule has 0 saturated heterocycles. The largest absolute Gasteiger partial charge is 0.493 e. The van der Waals surface area contributed by atoms with Gasteiger partial charge in [-0.15, -0.1) is 11.8 Å². The van der Waals surface area contributed by atoms with Gasteiger partial charge in [0.25, 0.3) is 0 Å². The van der Waals surface area contributed by atoms with Crippen LogP contribution in [-0.4, -0.2) is 31.1 Å². The van der Waals surface area contributed by atoms with E-state index in [9.17, 15) is 4.79 Å². The van der Waals surface area contributed by atoms with Crippen LogP contribution in [-0.2, 0) is 11.2 Å². The van der Waals surface area contributed by atoms with Crippen molar-refractivity contribution in [2.24, 2.45) is 5.10 Å². The first-order valence-electron chi connectivity index (χ1n) is 9.00. The molecule has 28 heavy (non-hydrogen) atoms. The van der Waals surface area contributed by atoms with E-state index in [4.69, 9.17) is 21.1 Å². The quantitative estimate of drug-likeness (QED) is 0.354. The monoisotopic (exact) mass is 420 g/mol. The number of ether oxygens (including phenoxy) is 2. The van der Waals surface area contributed by atoms with Gasteiger partial charge in [0.15, 0.2) is 11.5 Å². The summed E-state index contributed by atoms with van der Waals surface area (Å²) < 4.78 is 11.0. The van der Waals surface area contributed by atoms with Gasteiger partial charge in [-0.05, 0) is 67.1 Å². The molecule has 0 radical (unpaired) electrons. The van der Waals surface area contributed by atoms with Crippen LogP contribution in [0.5, 0.6) is 11.5 Å². The molecule has 0 bridgehead atoms. The highest BCUT2D eigenvalue weighted by Gasteiger charge is 2.09. The van der Waals surface area contributed by atoms with Crippen LogP contribution in [0.25, 0.3) is 0 Å². The van der Waals surface area contributed by atoms with Crippen molar-refractivity contribution >= 4 is 35.5 Å². The van der Waals surface area contributed by atoms with Crippen molar-refractivity contribution in [2.75, 3.05) is 12.9 Å². The first-order valence-corrected chi connectivity index (χ1v) is 10.4. The zero-order valence-corrected chi connectivity index (χ0v) is 18.1. The summed E-state index contributed by atoms with van der Waals surface area (Å²) in [6, 6.07) is 11.1. The maximum absolute atomic E-state index is 12.3. The third-order valence-corrected chi connectivity index (χ3v) is 4.86. The molecule has 5 nitrogen and oxygen atoms in total. The number of hydrazone groups is 1. The summed E-state index contributed by atoms with van der Waals surface area (Å²) in [5, 5.41) is 4.66. The number of methoxy groups -OCH3 is 1. The molecular formula is C21H25ClN2O3S. The lowest BCUT2D eigenvalue weighted by Gasteiger charge is -2.13.